The van der Waals surface area contributed by atoms with Gasteiger partial charge in [-0.25, -0.2) is 9.50 Å². The topological polar surface area (TPSA) is 72.0 Å². The third-order valence-electron chi connectivity index (χ3n) is 3.09. The average molecular weight is 286 g/mol. The number of hydrogen-bond donors (Lipinski definition) is 1. The molecule has 0 saturated carbocycles. The van der Waals surface area contributed by atoms with E-state index in [-0.39, 0.29) is 0 Å². The van der Waals surface area contributed by atoms with Crippen molar-refractivity contribution in [3.8, 4) is 16.9 Å². The summed E-state index contributed by atoms with van der Waals surface area (Å²) in [5.41, 5.74) is 2.78. The van der Waals surface area contributed by atoms with Crippen molar-refractivity contribution in [2.45, 2.75) is 0 Å². The fraction of sp³-hybridized carbons (Fsp3) is 0.0714. The van der Waals surface area contributed by atoms with Gasteiger partial charge in [0.05, 0.1) is 31.2 Å². The highest BCUT2D eigenvalue weighted by Crippen LogP contribution is 2.30. The fourth-order valence-electron chi connectivity index (χ4n) is 2.14. The van der Waals surface area contributed by atoms with Gasteiger partial charge in [0, 0.05) is 22.9 Å². The van der Waals surface area contributed by atoms with E-state index in [1.807, 2.05) is 0 Å². The van der Waals surface area contributed by atoms with Crippen LogP contribution in [0.5, 0.6) is 5.75 Å². The molecular formula is C14H11FN4O2. The summed E-state index contributed by atoms with van der Waals surface area (Å²) in [6.45, 7) is 0. The number of aromatic nitrogens is 3. The fourth-order valence-corrected chi connectivity index (χ4v) is 2.14. The maximum atomic E-state index is 13.0. The normalized spacial score (nSPS) is 11.3. The number of nitrogens with zero attached hydrogens (tertiary/aromatic N) is 4. The van der Waals surface area contributed by atoms with Crippen molar-refractivity contribution in [1.29, 1.82) is 0 Å². The molecule has 0 fully saturated rings. The molecule has 3 heterocycles. The number of ether oxygens (including phenoxy) is 1. The van der Waals surface area contributed by atoms with Gasteiger partial charge in [0.2, 0.25) is 5.95 Å². The molecule has 0 saturated heterocycles. The molecule has 0 aliphatic rings. The predicted molar refractivity (Wildman–Crippen MR) is 74.3 cm³/mol. The van der Waals surface area contributed by atoms with E-state index in [2.05, 4.69) is 15.2 Å². The number of rotatable bonds is 3. The molecule has 3 rings (SSSR count). The highest BCUT2D eigenvalue weighted by molar-refractivity contribution is 5.96. The third kappa shape index (κ3) is 2.29. The lowest BCUT2D eigenvalue weighted by Crippen LogP contribution is -1.95. The van der Waals surface area contributed by atoms with E-state index in [4.69, 9.17) is 9.94 Å². The first-order valence-electron chi connectivity index (χ1n) is 6.07. The monoisotopic (exact) mass is 286 g/mol. The van der Waals surface area contributed by atoms with Gasteiger partial charge in [-0.3, -0.25) is 0 Å². The van der Waals surface area contributed by atoms with E-state index in [1.54, 1.807) is 36.2 Å². The van der Waals surface area contributed by atoms with Crippen molar-refractivity contribution in [3.05, 3.63) is 48.3 Å². The van der Waals surface area contributed by atoms with Crippen molar-refractivity contribution < 1.29 is 14.3 Å². The minimum Gasteiger partial charge on any atom is -0.495 e. The molecular weight excluding hydrogens is 275 g/mol. The van der Waals surface area contributed by atoms with Gasteiger partial charge in [-0.15, -0.1) is 0 Å². The van der Waals surface area contributed by atoms with Crippen LogP contribution in [0.4, 0.5) is 4.39 Å². The maximum absolute atomic E-state index is 13.0. The molecule has 3 aromatic rings. The lowest BCUT2D eigenvalue weighted by Gasteiger charge is -2.08. The smallest absolute Gasteiger partial charge is 0.212 e. The SMILES string of the molecule is COc1cc(-c2ccc(F)nc2)c2c(C=NO)cnn2c1. The molecule has 0 unspecified atom stereocenters. The molecule has 0 aliphatic heterocycles. The number of fused-ring (bicyclic) bond motifs is 1. The van der Waals surface area contributed by atoms with Gasteiger partial charge in [-0.1, -0.05) is 5.16 Å². The molecule has 0 spiro atoms. The van der Waals surface area contributed by atoms with Crippen LogP contribution in [0.25, 0.3) is 16.6 Å². The lowest BCUT2D eigenvalue weighted by molar-refractivity contribution is 0.322. The van der Waals surface area contributed by atoms with Gasteiger partial charge < -0.3 is 9.94 Å². The standard InChI is InChI=1S/C14H11FN4O2/c1-21-11-4-12(9-2-3-13(15)16-5-9)14-10(7-18-20)6-17-19(14)8-11/h2-8,20H,1H3. The van der Waals surface area contributed by atoms with Crippen molar-refractivity contribution in [3.63, 3.8) is 0 Å². The first kappa shape index (κ1) is 13.0. The zero-order valence-corrected chi connectivity index (χ0v) is 11.1. The van der Waals surface area contributed by atoms with E-state index < -0.39 is 5.95 Å². The number of pyridine rings is 2. The highest BCUT2D eigenvalue weighted by atomic mass is 19.1. The van der Waals surface area contributed by atoms with Crippen LogP contribution in [0.3, 0.4) is 0 Å². The molecule has 0 radical (unpaired) electrons. The molecule has 0 bridgehead atoms. The van der Waals surface area contributed by atoms with Crippen LogP contribution >= 0.6 is 0 Å². The van der Waals surface area contributed by atoms with Crippen molar-refractivity contribution in [2.75, 3.05) is 7.11 Å². The van der Waals surface area contributed by atoms with E-state index >= 15 is 0 Å². The summed E-state index contributed by atoms with van der Waals surface area (Å²) in [5, 5.41) is 16.0. The van der Waals surface area contributed by atoms with E-state index in [1.165, 1.54) is 18.5 Å². The Labute approximate surface area is 119 Å². The molecule has 6 nitrogen and oxygen atoms in total. The maximum Gasteiger partial charge on any atom is 0.212 e. The summed E-state index contributed by atoms with van der Waals surface area (Å²) >= 11 is 0. The number of hydrogen-bond acceptors (Lipinski definition) is 5. The Kier molecular flexibility index (Phi) is 3.23. The van der Waals surface area contributed by atoms with Crippen LogP contribution in [-0.4, -0.2) is 33.1 Å². The van der Waals surface area contributed by atoms with Gasteiger partial charge in [0.1, 0.15) is 5.75 Å². The number of oxime groups is 1. The number of methoxy groups -OCH3 is 1. The van der Waals surface area contributed by atoms with Crippen molar-refractivity contribution >= 4 is 11.7 Å². The molecule has 0 atom stereocenters. The molecule has 3 aromatic heterocycles. The van der Waals surface area contributed by atoms with Crippen LogP contribution in [0.1, 0.15) is 5.56 Å². The number of halogens is 1. The predicted octanol–water partition coefficient (Wildman–Crippen LogP) is 2.35. The van der Waals surface area contributed by atoms with Gasteiger partial charge in [0.15, 0.2) is 0 Å². The second-order valence-electron chi connectivity index (χ2n) is 4.30. The molecule has 0 aliphatic carbocycles. The molecule has 106 valence electrons. The molecule has 0 aromatic carbocycles. The first-order chi connectivity index (χ1) is 10.2. The summed E-state index contributed by atoms with van der Waals surface area (Å²) in [5.74, 6) is 0.0423. The van der Waals surface area contributed by atoms with E-state index in [9.17, 15) is 4.39 Å². The molecule has 7 heteroatoms. The summed E-state index contributed by atoms with van der Waals surface area (Å²) in [6, 6.07) is 4.69. The first-order valence-corrected chi connectivity index (χ1v) is 6.07. The van der Waals surface area contributed by atoms with Gasteiger partial charge in [-0.05, 0) is 18.2 Å². The zero-order chi connectivity index (χ0) is 14.8. The van der Waals surface area contributed by atoms with E-state index in [0.717, 1.165) is 5.56 Å². The van der Waals surface area contributed by atoms with Crippen molar-refractivity contribution in [1.82, 2.24) is 14.6 Å². The van der Waals surface area contributed by atoms with Crippen LogP contribution in [-0.2, 0) is 0 Å². The summed E-state index contributed by atoms with van der Waals surface area (Å²) in [7, 11) is 1.55. The molecule has 0 amide bonds. The van der Waals surface area contributed by atoms with Gasteiger partial charge >= 0.3 is 0 Å². The second-order valence-corrected chi connectivity index (χ2v) is 4.30. The second kappa shape index (κ2) is 5.20. The van der Waals surface area contributed by atoms with Crippen LogP contribution < -0.4 is 4.74 Å². The molecule has 1 N–H and O–H groups in total. The Morgan fingerprint density at radius 1 is 1.38 bits per heavy atom. The van der Waals surface area contributed by atoms with Gasteiger partial charge in [-0.2, -0.15) is 9.49 Å². The zero-order valence-electron chi connectivity index (χ0n) is 11.1. The Morgan fingerprint density at radius 2 is 2.24 bits per heavy atom. The van der Waals surface area contributed by atoms with Crippen LogP contribution in [0.15, 0.2) is 41.9 Å². The summed E-state index contributed by atoms with van der Waals surface area (Å²) < 4.78 is 19.8. The Morgan fingerprint density at radius 3 is 2.90 bits per heavy atom. The van der Waals surface area contributed by atoms with E-state index in [0.29, 0.717) is 22.4 Å². The third-order valence-corrected chi connectivity index (χ3v) is 3.09. The average Bonchev–Trinajstić information content (AvgIpc) is 2.91. The van der Waals surface area contributed by atoms with Gasteiger partial charge in [0.25, 0.3) is 0 Å². The molecule has 21 heavy (non-hydrogen) atoms. The summed E-state index contributed by atoms with van der Waals surface area (Å²) in [4.78, 5) is 3.66. The minimum atomic E-state index is -0.552. The highest BCUT2D eigenvalue weighted by Gasteiger charge is 2.12. The van der Waals surface area contributed by atoms with Crippen LogP contribution in [0.2, 0.25) is 0 Å². The quantitative estimate of drug-likeness (QED) is 0.347. The summed E-state index contributed by atoms with van der Waals surface area (Å²) in [6.07, 6.45) is 5.98. The Bertz CT molecular complexity index is 812. The van der Waals surface area contributed by atoms with Crippen molar-refractivity contribution in [2.24, 2.45) is 5.16 Å². The Hall–Kier alpha value is -2.96. The lowest BCUT2D eigenvalue weighted by atomic mass is 10.1. The largest absolute Gasteiger partial charge is 0.495 e. The minimum absolute atomic E-state index is 0.552. The van der Waals surface area contributed by atoms with Crippen LogP contribution in [0, 0.1) is 5.95 Å². The Balaban J connectivity index is 2.31.